The Morgan fingerprint density at radius 3 is 2.59 bits per heavy atom. The number of hydrogen-bond acceptors (Lipinski definition) is 5. The van der Waals surface area contributed by atoms with Gasteiger partial charge in [0, 0.05) is 42.5 Å². The van der Waals surface area contributed by atoms with Crippen molar-refractivity contribution in [2.24, 2.45) is 0 Å². The normalized spacial score (nSPS) is 19.9. The Morgan fingerprint density at radius 1 is 1.19 bits per heavy atom. The second-order valence-electron chi connectivity index (χ2n) is 7.76. The molecule has 1 atom stereocenters. The molecule has 32 heavy (non-hydrogen) atoms. The fourth-order valence-electron chi connectivity index (χ4n) is 3.89. The molecule has 4 rings (SSSR count). The first-order valence-electron chi connectivity index (χ1n) is 9.66. The van der Waals surface area contributed by atoms with Gasteiger partial charge in [-0.15, -0.1) is 0 Å². The first-order chi connectivity index (χ1) is 14.9. The van der Waals surface area contributed by atoms with Crippen LogP contribution < -0.4 is 15.5 Å². The Balaban J connectivity index is 1.62. The van der Waals surface area contributed by atoms with E-state index in [2.05, 4.69) is 10.6 Å². The quantitative estimate of drug-likeness (QED) is 0.525. The van der Waals surface area contributed by atoms with Crippen LogP contribution in [0.5, 0.6) is 0 Å². The zero-order valence-electron chi connectivity index (χ0n) is 16.8. The number of nitrogens with one attached hydrogen (secondary N) is 2. The van der Waals surface area contributed by atoms with E-state index < -0.39 is 38.6 Å². The number of hydrogen-bond donors (Lipinski definition) is 2. The number of carbonyl (C=O) groups excluding carboxylic acids is 1. The van der Waals surface area contributed by atoms with E-state index in [-0.39, 0.29) is 42.1 Å². The van der Waals surface area contributed by atoms with Crippen LogP contribution in [0.1, 0.15) is 17.5 Å². The van der Waals surface area contributed by atoms with Gasteiger partial charge in [-0.2, -0.15) is 13.2 Å². The van der Waals surface area contributed by atoms with Gasteiger partial charge in [0.15, 0.2) is 9.84 Å². The molecule has 1 fully saturated rings. The fraction of sp³-hybridized carbons (Fsp3) is 0.286. The Kier molecular flexibility index (Phi) is 5.40. The Labute approximate surface area is 181 Å². The third kappa shape index (κ3) is 4.29. The molecule has 0 saturated carbocycles. The number of rotatable bonds is 4. The molecule has 170 valence electrons. The van der Waals surface area contributed by atoms with Gasteiger partial charge in [0.2, 0.25) is 0 Å². The molecule has 2 N–H and O–H groups in total. The van der Waals surface area contributed by atoms with E-state index in [0.717, 1.165) is 18.4 Å². The number of nitrogens with zero attached hydrogens (tertiary/aromatic N) is 1. The van der Waals surface area contributed by atoms with Gasteiger partial charge in [-0.1, -0.05) is 0 Å². The van der Waals surface area contributed by atoms with E-state index in [4.69, 9.17) is 0 Å². The number of carbonyl (C=O) groups is 1. The molecule has 6 nitrogen and oxygen atoms in total. The van der Waals surface area contributed by atoms with Gasteiger partial charge in [0.1, 0.15) is 5.82 Å². The van der Waals surface area contributed by atoms with E-state index >= 15 is 0 Å². The van der Waals surface area contributed by atoms with Crippen molar-refractivity contribution in [1.29, 1.82) is 0 Å². The predicted octanol–water partition coefficient (Wildman–Crippen LogP) is 3.87. The van der Waals surface area contributed by atoms with Crippen molar-refractivity contribution in [2.75, 3.05) is 34.9 Å². The summed E-state index contributed by atoms with van der Waals surface area (Å²) in [4.78, 5) is 13.6. The third-order valence-corrected chi connectivity index (χ3v) is 7.14. The van der Waals surface area contributed by atoms with E-state index in [0.29, 0.717) is 5.56 Å². The highest BCUT2D eigenvalue weighted by Gasteiger charge is 2.38. The summed E-state index contributed by atoms with van der Waals surface area (Å²) < 4.78 is 78.2. The maximum atomic E-state index is 13.8. The maximum Gasteiger partial charge on any atom is 0.418 e. The number of alkyl halides is 3. The minimum absolute atomic E-state index is 0.00768. The average Bonchev–Trinajstić information content (AvgIpc) is 3.29. The molecule has 0 radical (unpaired) electrons. The highest BCUT2D eigenvalue weighted by atomic mass is 32.2. The van der Waals surface area contributed by atoms with Crippen LogP contribution in [0, 0.1) is 5.82 Å². The molecule has 11 heteroatoms. The van der Waals surface area contributed by atoms with E-state index in [1.165, 1.54) is 35.4 Å². The zero-order valence-corrected chi connectivity index (χ0v) is 17.6. The van der Waals surface area contributed by atoms with Crippen molar-refractivity contribution in [3.8, 4) is 0 Å². The Hall–Kier alpha value is -3.08. The van der Waals surface area contributed by atoms with Gasteiger partial charge in [-0.3, -0.25) is 4.79 Å². The van der Waals surface area contributed by atoms with Crippen molar-refractivity contribution in [1.82, 2.24) is 0 Å². The highest BCUT2D eigenvalue weighted by Crippen LogP contribution is 2.40. The lowest BCUT2D eigenvalue weighted by Gasteiger charge is -2.24. The zero-order chi connectivity index (χ0) is 23.3. The summed E-state index contributed by atoms with van der Waals surface area (Å²) in [5.41, 5.74) is -0.0389. The average molecular weight is 469 g/mol. The van der Waals surface area contributed by atoms with Gasteiger partial charge in [0.25, 0.3) is 5.91 Å². The topological polar surface area (TPSA) is 78.5 Å². The van der Waals surface area contributed by atoms with Crippen LogP contribution in [0.2, 0.25) is 0 Å². The first-order valence-corrected chi connectivity index (χ1v) is 11.6. The van der Waals surface area contributed by atoms with Gasteiger partial charge >= 0.3 is 6.18 Å². The van der Waals surface area contributed by atoms with Crippen LogP contribution in [0.3, 0.4) is 0 Å². The largest absolute Gasteiger partial charge is 0.418 e. The number of halogens is 4. The monoisotopic (exact) mass is 469 g/mol. The molecule has 2 aromatic rings. The Morgan fingerprint density at radius 2 is 1.94 bits per heavy atom. The molecular formula is C21H19F4N3O3S. The molecule has 2 aromatic carbocycles. The van der Waals surface area contributed by atoms with Crippen LogP contribution in [-0.4, -0.2) is 38.9 Å². The smallest absolute Gasteiger partial charge is 0.370 e. The van der Waals surface area contributed by atoms with Crippen molar-refractivity contribution < 1.29 is 30.8 Å². The number of benzene rings is 2. The predicted molar refractivity (Wildman–Crippen MR) is 114 cm³/mol. The third-order valence-electron chi connectivity index (χ3n) is 5.54. The van der Waals surface area contributed by atoms with Gasteiger partial charge < -0.3 is 15.5 Å². The van der Waals surface area contributed by atoms with Crippen molar-refractivity contribution >= 4 is 38.4 Å². The molecule has 0 aliphatic carbocycles. The number of fused-ring (bicyclic) bond motifs is 1. The number of anilines is 3. The summed E-state index contributed by atoms with van der Waals surface area (Å²) >= 11 is 0. The molecule has 0 aromatic heterocycles. The Bertz CT molecular complexity index is 1230. The van der Waals surface area contributed by atoms with E-state index in [1.807, 2.05) is 0 Å². The molecule has 1 unspecified atom stereocenters. The summed E-state index contributed by atoms with van der Waals surface area (Å²) in [6.45, 7) is 0.192. The highest BCUT2D eigenvalue weighted by molar-refractivity contribution is 7.91. The molecule has 2 heterocycles. The van der Waals surface area contributed by atoms with Crippen molar-refractivity contribution in [2.45, 2.75) is 17.8 Å². The summed E-state index contributed by atoms with van der Waals surface area (Å²) in [5.74, 6) is -1.03. The summed E-state index contributed by atoms with van der Waals surface area (Å²) in [7, 11) is -3.35. The first kappa shape index (κ1) is 22.1. The molecule has 0 bridgehead atoms. The molecular weight excluding hydrogens is 450 g/mol. The molecule has 0 spiro atoms. The lowest BCUT2D eigenvalue weighted by molar-refractivity contribution is -0.137. The van der Waals surface area contributed by atoms with Crippen molar-refractivity contribution in [3.05, 3.63) is 59.5 Å². The SMILES string of the molecule is CS(=O)(=O)C1CCN(c2ccc(N/C=C3/C(=O)Nc4cc(F)ccc43)cc2C(F)(F)F)C1. The minimum atomic E-state index is -4.67. The second-order valence-corrected chi connectivity index (χ2v) is 10.1. The van der Waals surface area contributed by atoms with Crippen LogP contribution in [0.4, 0.5) is 34.6 Å². The molecule has 1 saturated heterocycles. The van der Waals surface area contributed by atoms with Crippen molar-refractivity contribution in [3.63, 3.8) is 0 Å². The lowest BCUT2D eigenvalue weighted by atomic mass is 10.1. The molecule has 1 amide bonds. The standard InChI is InChI=1S/C21H19F4N3O3S/c1-32(30,31)14-6-7-28(11-14)19-5-3-13(9-17(19)21(23,24)25)26-10-16-15-4-2-12(22)8-18(15)27-20(16)29/h2-5,8-10,14,26H,6-7,11H2,1H3,(H,27,29)/b16-10+. The van der Waals surface area contributed by atoms with Gasteiger partial charge in [0.05, 0.1) is 22.1 Å². The van der Waals surface area contributed by atoms with Gasteiger partial charge in [-0.25, -0.2) is 12.8 Å². The van der Waals surface area contributed by atoms with E-state index in [1.54, 1.807) is 0 Å². The fourth-order valence-corrected chi connectivity index (χ4v) is 4.87. The minimum Gasteiger partial charge on any atom is -0.370 e. The van der Waals surface area contributed by atoms with Crippen LogP contribution in [0.25, 0.3) is 5.57 Å². The summed E-state index contributed by atoms with van der Waals surface area (Å²) in [6, 6.07) is 7.37. The maximum absolute atomic E-state index is 13.8. The van der Waals surface area contributed by atoms with E-state index in [9.17, 15) is 30.8 Å². The second kappa shape index (κ2) is 7.80. The number of sulfone groups is 1. The summed E-state index contributed by atoms with van der Waals surface area (Å²) in [5, 5.41) is 4.49. The van der Waals surface area contributed by atoms with Crippen LogP contribution in [-0.2, 0) is 20.8 Å². The molecule has 2 aliphatic heterocycles. The molecule has 2 aliphatic rings. The summed E-state index contributed by atoms with van der Waals surface area (Å²) in [6.07, 6.45) is -2.06. The number of amides is 1. The lowest BCUT2D eigenvalue weighted by Crippen LogP contribution is -2.27. The van der Waals surface area contributed by atoms with Crippen LogP contribution >= 0.6 is 0 Å². The van der Waals surface area contributed by atoms with Gasteiger partial charge in [-0.05, 0) is 42.8 Å². The van der Waals surface area contributed by atoms with Crippen LogP contribution in [0.15, 0.2) is 42.6 Å².